The maximum absolute atomic E-state index is 13.3. The van der Waals surface area contributed by atoms with Crippen molar-refractivity contribution in [2.45, 2.75) is 24.9 Å². The van der Waals surface area contributed by atoms with E-state index in [0.717, 1.165) is 28.9 Å². The van der Waals surface area contributed by atoms with Crippen LogP contribution >= 0.6 is 0 Å². The van der Waals surface area contributed by atoms with Crippen molar-refractivity contribution >= 4 is 0 Å². The van der Waals surface area contributed by atoms with E-state index < -0.39 is 5.60 Å². The van der Waals surface area contributed by atoms with Gasteiger partial charge in [0.1, 0.15) is 11.6 Å². The van der Waals surface area contributed by atoms with Gasteiger partial charge in [0.05, 0.1) is 12.7 Å². The van der Waals surface area contributed by atoms with E-state index in [1.807, 2.05) is 24.3 Å². The van der Waals surface area contributed by atoms with Crippen LogP contribution in [0.1, 0.15) is 23.1 Å². The SMILES string of the molecule is COc1ccc2c(c1)C(O)(Cc1cccc(F)c1)CC2. The van der Waals surface area contributed by atoms with E-state index in [1.165, 1.54) is 12.1 Å². The highest BCUT2D eigenvalue weighted by molar-refractivity contribution is 5.43. The van der Waals surface area contributed by atoms with Crippen molar-refractivity contribution in [3.05, 3.63) is 65.0 Å². The minimum atomic E-state index is -0.933. The minimum Gasteiger partial charge on any atom is -0.497 e. The average Bonchev–Trinajstić information content (AvgIpc) is 2.76. The molecule has 0 aliphatic heterocycles. The summed E-state index contributed by atoms with van der Waals surface area (Å²) >= 11 is 0. The summed E-state index contributed by atoms with van der Waals surface area (Å²) < 4.78 is 18.5. The van der Waals surface area contributed by atoms with Gasteiger partial charge in [-0.3, -0.25) is 0 Å². The highest BCUT2D eigenvalue weighted by Gasteiger charge is 2.37. The van der Waals surface area contributed by atoms with E-state index in [2.05, 4.69) is 0 Å². The number of fused-ring (bicyclic) bond motifs is 1. The van der Waals surface area contributed by atoms with Gasteiger partial charge in [0.25, 0.3) is 0 Å². The molecule has 2 nitrogen and oxygen atoms in total. The van der Waals surface area contributed by atoms with Crippen molar-refractivity contribution < 1.29 is 14.2 Å². The first-order valence-electron chi connectivity index (χ1n) is 6.75. The second-order valence-electron chi connectivity index (χ2n) is 5.36. The molecule has 1 aliphatic carbocycles. The number of ether oxygens (including phenoxy) is 1. The van der Waals surface area contributed by atoms with Gasteiger partial charge in [-0.1, -0.05) is 18.2 Å². The van der Waals surface area contributed by atoms with Gasteiger partial charge >= 0.3 is 0 Å². The first-order valence-corrected chi connectivity index (χ1v) is 6.75. The predicted molar refractivity (Wildman–Crippen MR) is 75.3 cm³/mol. The van der Waals surface area contributed by atoms with Crippen LogP contribution in [0, 0.1) is 5.82 Å². The zero-order valence-electron chi connectivity index (χ0n) is 11.4. The Kier molecular flexibility index (Phi) is 3.22. The molecule has 20 heavy (non-hydrogen) atoms. The summed E-state index contributed by atoms with van der Waals surface area (Å²) in [6.07, 6.45) is 1.92. The molecule has 1 unspecified atom stereocenters. The fourth-order valence-electron chi connectivity index (χ4n) is 2.98. The minimum absolute atomic E-state index is 0.269. The maximum atomic E-state index is 13.3. The van der Waals surface area contributed by atoms with E-state index in [-0.39, 0.29) is 5.82 Å². The van der Waals surface area contributed by atoms with Gasteiger partial charge in [0.2, 0.25) is 0 Å². The van der Waals surface area contributed by atoms with Crippen LogP contribution in [-0.4, -0.2) is 12.2 Å². The fraction of sp³-hybridized carbons (Fsp3) is 0.294. The molecule has 0 amide bonds. The number of hydrogen-bond acceptors (Lipinski definition) is 2. The molecule has 3 heteroatoms. The Morgan fingerprint density at radius 2 is 2.10 bits per heavy atom. The molecule has 0 bridgehead atoms. The molecule has 104 valence electrons. The molecule has 0 fully saturated rings. The molecular weight excluding hydrogens is 255 g/mol. The van der Waals surface area contributed by atoms with Crippen molar-refractivity contribution in [2.75, 3.05) is 7.11 Å². The summed E-state index contributed by atoms with van der Waals surface area (Å²) in [5.74, 6) is 0.471. The number of methoxy groups -OCH3 is 1. The fourth-order valence-corrected chi connectivity index (χ4v) is 2.98. The third-order valence-corrected chi connectivity index (χ3v) is 4.01. The van der Waals surface area contributed by atoms with Crippen LogP contribution in [0.5, 0.6) is 5.75 Å². The van der Waals surface area contributed by atoms with E-state index in [9.17, 15) is 9.50 Å². The molecule has 0 heterocycles. The highest BCUT2D eigenvalue weighted by Crippen LogP contribution is 2.41. The Balaban J connectivity index is 1.95. The molecule has 2 aromatic rings. The van der Waals surface area contributed by atoms with Crippen LogP contribution in [0.25, 0.3) is 0 Å². The molecule has 1 N–H and O–H groups in total. The van der Waals surface area contributed by atoms with Crippen molar-refractivity contribution in [3.8, 4) is 5.75 Å². The van der Waals surface area contributed by atoms with Gasteiger partial charge < -0.3 is 9.84 Å². The first-order chi connectivity index (χ1) is 9.60. The molecule has 0 spiro atoms. The second-order valence-corrected chi connectivity index (χ2v) is 5.36. The van der Waals surface area contributed by atoms with E-state index in [0.29, 0.717) is 12.8 Å². The van der Waals surface area contributed by atoms with Crippen LogP contribution in [0.2, 0.25) is 0 Å². The van der Waals surface area contributed by atoms with E-state index in [4.69, 9.17) is 4.74 Å². The number of aliphatic hydroxyl groups is 1. The third kappa shape index (κ3) is 2.29. The molecule has 2 aromatic carbocycles. The molecule has 0 saturated carbocycles. The maximum Gasteiger partial charge on any atom is 0.123 e. The molecule has 3 rings (SSSR count). The van der Waals surface area contributed by atoms with Gasteiger partial charge in [0, 0.05) is 6.42 Å². The lowest BCUT2D eigenvalue weighted by Gasteiger charge is -2.24. The first kappa shape index (κ1) is 13.1. The summed E-state index contributed by atoms with van der Waals surface area (Å²) in [7, 11) is 1.61. The van der Waals surface area contributed by atoms with Crippen molar-refractivity contribution in [1.29, 1.82) is 0 Å². The zero-order valence-corrected chi connectivity index (χ0v) is 11.4. The molecular formula is C17H17FO2. The Morgan fingerprint density at radius 3 is 2.85 bits per heavy atom. The molecule has 1 atom stereocenters. The lowest BCUT2D eigenvalue weighted by Crippen LogP contribution is -2.25. The highest BCUT2D eigenvalue weighted by atomic mass is 19.1. The zero-order chi connectivity index (χ0) is 14.2. The third-order valence-electron chi connectivity index (χ3n) is 4.01. The van der Waals surface area contributed by atoms with Crippen molar-refractivity contribution in [3.63, 3.8) is 0 Å². The molecule has 0 aromatic heterocycles. The molecule has 0 radical (unpaired) electrons. The van der Waals surface area contributed by atoms with Gasteiger partial charge in [-0.2, -0.15) is 0 Å². The topological polar surface area (TPSA) is 29.5 Å². The van der Waals surface area contributed by atoms with Crippen LogP contribution in [0.15, 0.2) is 42.5 Å². The smallest absolute Gasteiger partial charge is 0.123 e. The van der Waals surface area contributed by atoms with Gasteiger partial charge in [-0.05, 0) is 53.8 Å². The number of benzene rings is 2. The quantitative estimate of drug-likeness (QED) is 0.929. The summed E-state index contributed by atoms with van der Waals surface area (Å²) in [6.45, 7) is 0. The molecule has 0 saturated heterocycles. The Hall–Kier alpha value is -1.87. The normalized spacial score (nSPS) is 20.8. The van der Waals surface area contributed by atoms with Gasteiger partial charge in [0.15, 0.2) is 0 Å². The van der Waals surface area contributed by atoms with Crippen LogP contribution < -0.4 is 4.74 Å². The largest absolute Gasteiger partial charge is 0.497 e. The average molecular weight is 272 g/mol. The van der Waals surface area contributed by atoms with E-state index in [1.54, 1.807) is 13.2 Å². The predicted octanol–water partition coefficient (Wildman–Crippen LogP) is 3.21. The standard InChI is InChI=1S/C17H17FO2/c1-20-15-6-5-13-7-8-17(19,16(13)10-15)11-12-3-2-4-14(18)9-12/h2-6,9-10,19H,7-8,11H2,1H3. The molecule has 1 aliphatic rings. The summed E-state index contributed by atoms with van der Waals surface area (Å²) in [4.78, 5) is 0. The Morgan fingerprint density at radius 1 is 1.25 bits per heavy atom. The van der Waals surface area contributed by atoms with Gasteiger partial charge in [-0.25, -0.2) is 4.39 Å². The number of rotatable bonds is 3. The summed E-state index contributed by atoms with van der Waals surface area (Å²) in [5, 5.41) is 10.9. The lowest BCUT2D eigenvalue weighted by molar-refractivity contribution is 0.0387. The lowest BCUT2D eigenvalue weighted by atomic mass is 9.88. The van der Waals surface area contributed by atoms with Crippen molar-refractivity contribution in [1.82, 2.24) is 0 Å². The van der Waals surface area contributed by atoms with Gasteiger partial charge in [-0.15, -0.1) is 0 Å². The monoisotopic (exact) mass is 272 g/mol. The number of halogens is 1. The summed E-state index contributed by atoms with van der Waals surface area (Å²) in [6, 6.07) is 12.2. The second kappa shape index (κ2) is 4.91. The Labute approximate surface area is 117 Å². The van der Waals surface area contributed by atoms with Crippen LogP contribution in [-0.2, 0) is 18.4 Å². The van der Waals surface area contributed by atoms with Crippen molar-refractivity contribution in [2.24, 2.45) is 0 Å². The van der Waals surface area contributed by atoms with Crippen LogP contribution in [0.3, 0.4) is 0 Å². The van der Waals surface area contributed by atoms with Crippen LogP contribution in [0.4, 0.5) is 4.39 Å². The summed E-state index contributed by atoms with van der Waals surface area (Å²) in [5.41, 5.74) is 1.92. The number of aryl methyl sites for hydroxylation is 1. The Bertz CT molecular complexity index is 639. The number of hydrogen-bond donors (Lipinski definition) is 1. The van der Waals surface area contributed by atoms with E-state index >= 15 is 0 Å².